The number of carbonyl (C=O) groups is 2. The van der Waals surface area contributed by atoms with Gasteiger partial charge < -0.3 is 15.2 Å². The van der Waals surface area contributed by atoms with E-state index in [-0.39, 0.29) is 11.8 Å². The van der Waals surface area contributed by atoms with Crippen LogP contribution in [0.15, 0.2) is 46.9 Å². The molecule has 130 valence electrons. The van der Waals surface area contributed by atoms with E-state index >= 15 is 0 Å². The van der Waals surface area contributed by atoms with Gasteiger partial charge in [0.1, 0.15) is 0 Å². The molecule has 5 rings (SSSR count). The first-order chi connectivity index (χ1) is 12.5. The van der Waals surface area contributed by atoms with Gasteiger partial charge in [-0.2, -0.15) is 0 Å². The SMILES string of the molecule is CC(=O)N1CCc2c([nH]c3ccccc23)C12C(=O)Nc1ccc(Br)cc12. The van der Waals surface area contributed by atoms with E-state index in [1.54, 1.807) is 4.90 Å². The fraction of sp³-hybridized carbons (Fsp3) is 0.200. The highest BCUT2D eigenvalue weighted by atomic mass is 79.9. The molecule has 0 aliphatic carbocycles. The Hall–Kier alpha value is -2.60. The Kier molecular flexibility index (Phi) is 3.13. The van der Waals surface area contributed by atoms with E-state index in [1.165, 1.54) is 6.92 Å². The second-order valence-corrected chi connectivity index (χ2v) is 7.71. The number of anilines is 1. The summed E-state index contributed by atoms with van der Waals surface area (Å²) in [5.41, 5.74) is 3.29. The summed E-state index contributed by atoms with van der Waals surface area (Å²) in [7, 11) is 0. The highest BCUT2D eigenvalue weighted by molar-refractivity contribution is 9.10. The summed E-state index contributed by atoms with van der Waals surface area (Å²) >= 11 is 3.51. The average molecular weight is 410 g/mol. The van der Waals surface area contributed by atoms with Crippen molar-refractivity contribution in [3.8, 4) is 0 Å². The number of carbonyl (C=O) groups excluding carboxylic acids is 2. The Morgan fingerprint density at radius 2 is 2.04 bits per heavy atom. The molecule has 1 atom stereocenters. The normalized spacial score (nSPS) is 21.0. The minimum Gasteiger partial charge on any atom is -0.355 e. The molecular formula is C20H16BrN3O2. The first-order valence-electron chi connectivity index (χ1n) is 8.53. The molecule has 5 nitrogen and oxygen atoms in total. The molecule has 2 aliphatic rings. The van der Waals surface area contributed by atoms with Gasteiger partial charge in [0.25, 0.3) is 5.91 Å². The van der Waals surface area contributed by atoms with E-state index in [0.29, 0.717) is 6.54 Å². The van der Waals surface area contributed by atoms with Crippen LogP contribution in [0, 0.1) is 0 Å². The molecule has 1 spiro atoms. The van der Waals surface area contributed by atoms with Crippen molar-refractivity contribution in [3.05, 3.63) is 63.8 Å². The van der Waals surface area contributed by atoms with Crippen molar-refractivity contribution < 1.29 is 9.59 Å². The van der Waals surface area contributed by atoms with Gasteiger partial charge in [-0.25, -0.2) is 0 Å². The number of aromatic amines is 1. The summed E-state index contributed by atoms with van der Waals surface area (Å²) in [6, 6.07) is 13.7. The zero-order valence-corrected chi connectivity index (χ0v) is 15.7. The minimum absolute atomic E-state index is 0.114. The van der Waals surface area contributed by atoms with Gasteiger partial charge in [-0.1, -0.05) is 34.1 Å². The lowest BCUT2D eigenvalue weighted by Crippen LogP contribution is -2.57. The van der Waals surface area contributed by atoms with Crippen LogP contribution in [0.5, 0.6) is 0 Å². The maximum Gasteiger partial charge on any atom is 0.261 e. The van der Waals surface area contributed by atoms with Crippen molar-refractivity contribution in [2.24, 2.45) is 0 Å². The van der Waals surface area contributed by atoms with E-state index in [4.69, 9.17) is 0 Å². The fourth-order valence-electron chi connectivity index (χ4n) is 4.46. The predicted octanol–water partition coefficient (Wildman–Crippen LogP) is 3.53. The van der Waals surface area contributed by atoms with Gasteiger partial charge >= 0.3 is 0 Å². The number of H-pyrrole nitrogens is 1. The number of nitrogens with zero attached hydrogens (tertiary/aromatic N) is 1. The molecule has 0 fully saturated rings. The molecule has 0 radical (unpaired) electrons. The second-order valence-electron chi connectivity index (χ2n) is 6.80. The van der Waals surface area contributed by atoms with Gasteiger partial charge in [-0.05, 0) is 36.2 Å². The molecule has 2 aromatic carbocycles. The number of halogens is 1. The number of hydrogen-bond acceptors (Lipinski definition) is 2. The lowest BCUT2D eigenvalue weighted by molar-refractivity contribution is -0.142. The first-order valence-corrected chi connectivity index (χ1v) is 9.32. The molecule has 1 aromatic heterocycles. The minimum atomic E-state index is -1.16. The Bertz CT molecular complexity index is 1100. The average Bonchev–Trinajstić information content (AvgIpc) is 3.13. The molecule has 0 bridgehead atoms. The Labute approximate surface area is 158 Å². The monoisotopic (exact) mass is 409 g/mol. The highest BCUT2D eigenvalue weighted by Crippen LogP contribution is 2.50. The number of aromatic nitrogens is 1. The summed E-state index contributed by atoms with van der Waals surface area (Å²) in [5.74, 6) is -0.300. The third kappa shape index (κ3) is 1.80. The van der Waals surface area contributed by atoms with Crippen molar-refractivity contribution in [2.75, 3.05) is 11.9 Å². The number of hydrogen-bond donors (Lipinski definition) is 2. The second kappa shape index (κ2) is 5.20. The first kappa shape index (κ1) is 15.6. The van der Waals surface area contributed by atoms with Crippen LogP contribution in [0.3, 0.4) is 0 Å². The summed E-state index contributed by atoms with van der Waals surface area (Å²) in [5, 5.41) is 4.09. The van der Waals surface area contributed by atoms with Crippen molar-refractivity contribution >= 4 is 44.3 Å². The zero-order valence-electron chi connectivity index (χ0n) is 14.1. The summed E-state index contributed by atoms with van der Waals surface area (Å²) in [4.78, 5) is 31.0. The van der Waals surface area contributed by atoms with Crippen molar-refractivity contribution in [1.82, 2.24) is 9.88 Å². The molecule has 1 unspecified atom stereocenters. The van der Waals surface area contributed by atoms with Gasteiger partial charge in [-0.15, -0.1) is 0 Å². The quantitative estimate of drug-likeness (QED) is 0.596. The number of fused-ring (bicyclic) bond motifs is 6. The van der Waals surface area contributed by atoms with Crippen LogP contribution in [0.25, 0.3) is 10.9 Å². The molecule has 2 amide bonds. The van der Waals surface area contributed by atoms with Crippen molar-refractivity contribution in [3.63, 3.8) is 0 Å². The van der Waals surface area contributed by atoms with Crippen molar-refractivity contribution in [2.45, 2.75) is 18.9 Å². The van der Waals surface area contributed by atoms with Crippen LogP contribution in [0.4, 0.5) is 5.69 Å². The van der Waals surface area contributed by atoms with Crippen LogP contribution < -0.4 is 5.32 Å². The van der Waals surface area contributed by atoms with E-state index in [1.807, 2.05) is 36.4 Å². The molecule has 2 aliphatic heterocycles. The molecule has 3 aromatic rings. The maximum atomic E-state index is 13.3. The lowest BCUT2D eigenvalue weighted by Gasteiger charge is -2.42. The topological polar surface area (TPSA) is 65.2 Å². The van der Waals surface area contributed by atoms with Crippen LogP contribution >= 0.6 is 15.9 Å². The van der Waals surface area contributed by atoms with Gasteiger partial charge in [0.15, 0.2) is 5.54 Å². The third-order valence-corrected chi connectivity index (χ3v) is 5.99. The molecule has 0 saturated heterocycles. The van der Waals surface area contributed by atoms with E-state index in [0.717, 1.165) is 44.3 Å². The molecule has 2 N–H and O–H groups in total. The van der Waals surface area contributed by atoms with Gasteiger partial charge in [0.05, 0.1) is 5.69 Å². The van der Waals surface area contributed by atoms with E-state index in [9.17, 15) is 9.59 Å². The highest BCUT2D eigenvalue weighted by Gasteiger charge is 2.57. The molecule has 6 heteroatoms. The summed E-state index contributed by atoms with van der Waals surface area (Å²) < 4.78 is 0.874. The van der Waals surface area contributed by atoms with Gasteiger partial charge in [0, 0.05) is 40.1 Å². The summed E-state index contributed by atoms with van der Waals surface area (Å²) in [6.45, 7) is 2.03. The van der Waals surface area contributed by atoms with Crippen LogP contribution in [-0.2, 0) is 21.5 Å². The number of rotatable bonds is 0. The van der Waals surface area contributed by atoms with E-state index < -0.39 is 5.54 Å². The lowest BCUT2D eigenvalue weighted by atomic mass is 9.80. The maximum absolute atomic E-state index is 13.3. The van der Waals surface area contributed by atoms with Crippen LogP contribution in [-0.4, -0.2) is 28.2 Å². The fourth-order valence-corrected chi connectivity index (χ4v) is 4.83. The van der Waals surface area contributed by atoms with Crippen molar-refractivity contribution in [1.29, 1.82) is 0 Å². The number of benzene rings is 2. The number of nitrogens with one attached hydrogen (secondary N) is 2. The number of amides is 2. The molecule has 0 saturated carbocycles. The Morgan fingerprint density at radius 3 is 2.85 bits per heavy atom. The van der Waals surface area contributed by atoms with Crippen LogP contribution in [0.2, 0.25) is 0 Å². The summed E-state index contributed by atoms with van der Waals surface area (Å²) in [6.07, 6.45) is 0.720. The predicted molar refractivity (Wildman–Crippen MR) is 103 cm³/mol. The van der Waals surface area contributed by atoms with Crippen LogP contribution in [0.1, 0.15) is 23.7 Å². The molecule has 26 heavy (non-hydrogen) atoms. The largest absolute Gasteiger partial charge is 0.355 e. The Balaban J connectivity index is 1.91. The zero-order chi connectivity index (χ0) is 18.1. The number of para-hydroxylation sites is 1. The Morgan fingerprint density at radius 1 is 1.23 bits per heavy atom. The van der Waals surface area contributed by atoms with E-state index in [2.05, 4.69) is 32.3 Å². The third-order valence-electron chi connectivity index (χ3n) is 5.49. The molecule has 3 heterocycles. The molecular weight excluding hydrogens is 394 g/mol. The standard InChI is InChI=1S/C20H16BrN3O2/c1-11(25)24-9-8-14-13-4-2-3-5-16(13)22-18(14)20(24)15-10-12(21)6-7-17(15)23-19(20)26/h2-7,10,22H,8-9H2,1H3,(H,23,26). The smallest absolute Gasteiger partial charge is 0.261 e. The van der Waals surface area contributed by atoms with Gasteiger partial charge in [-0.3, -0.25) is 9.59 Å². The van der Waals surface area contributed by atoms with Gasteiger partial charge in [0.2, 0.25) is 5.91 Å².